The number of nitrogens with zero attached hydrogens (tertiary/aromatic N) is 5. The molecule has 0 bridgehead atoms. The molecule has 0 aliphatic carbocycles. The first-order valence-electron chi connectivity index (χ1n) is 13.0. The number of aliphatic carboxylic acids is 1. The summed E-state index contributed by atoms with van der Waals surface area (Å²) in [6.45, 7) is 6.54. The summed E-state index contributed by atoms with van der Waals surface area (Å²) in [5, 5.41) is 27.9. The minimum Gasteiger partial charge on any atom is -0.481 e. The van der Waals surface area contributed by atoms with Gasteiger partial charge in [0.05, 0.1) is 12.2 Å². The fourth-order valence-electron chi connectivity index (χ4n) is 5.75. The van der Waals surface area contributed by atoms with E-state index in [4.69, 9.17) is 27.1 Å². The molecule has 0 spiro atoms. The number of rotatable bonds is 9. The number of carboxylic acid groups (broad SMARTS) is 1. The summed E-state index contributed by atoms with van der Waals surface area (Å²) in [5.41, 5.74) is 0.545. The lowest BCUT2D eigenvalue weighted by molar-refractivity contribution is -0.137. The molecule has 3 heterocycles. The van der Waals surface area contributed by atoms with Gasteiger partial charge in [0.15, 0.2) is 17.6 Å². The standard InChI is InChI=1S/C27H33ClFN7O2/c1-16-15-35(11-9-23(16)36-10-3-4-19(36)6-8-25(37)38)24-14-32-26(22(31)13-30)27(34-24)33-17(2)20-7-5-18(28)12-21(20)29/h5,7,12,14,16-17,19,23,31H,3-4,6,8-11,15H2,1-2H3,(H,33,34)(H,37,38)/p+1. The van der Waals surface area contributed by atoms with E-state index in [1.165, 1.54) is 6.07 Å². The van der Waals surface area contributed by atoms with Gasteiger partial charge in [0.2, 0.25) is 0 Å². The first-order valence-corrected chi connectivity index (χ1v) is 13.4. The first-order chi connectivity index (χ1) is 18.2. The second-order valence-electron chi connectivity index (χ2n) is 10.2. The zero-order valence-corrected chi connectivity index (χ0v) is 22.5. The number of nitrogens with one attached hydrogen (secondary N) is 1. The van der Waals surface area contributed by atoms with Crippen LogP contribution in [0, 0.1) is 23.1 Å². The van der Waals surface area contributed by atoms with Crippen molar-refractivity contribution in [1.82, 2.24) is 14.9 Å². The normalized spacial score (nSPS) is 22.6. The Kier molecular flexibility index (Phi) is 8.80. The van der Waals surface area contributed by atoms with E-state index >= 15 is 0 Å². The van der Waals surface area contributed by atoms with Crippen molar-refractivity contribution >= 4 is 34.9 Å². The molecule has 4 atom stereocenters. The van der Waals surface area contributed by atoms with Crippen LogP contribution >= 0.6 is 11.6 Å². The monoisotopic (exact) mass is 542 g/mol. The van der Waals surface area contributed by atoms with Crippen molar-refractivity contribution in [2.75, 3.05) is 29.9 Å². The van der Waals surface area contributed by atoms with E-state index in [0.29, 0.717) is 46.6 Å². The van der Waals surface area contributed by atoms with Crippen LogP contribution in [0.5, 0.6) is 0 Å². The molecule has 1 aromatic carbocycles. The largest absolute Gasteiger partial charge is 0.481 e. The van der Waals surface area contributed by atoms with Gasteiger partial charge in [-0.1, -0.05) is 24.6 Å². The molecule has 202 valence electrons. The Bertz CT molecular complexity index is 1240. The van der Waals surface area contributed by atoms with Gasteiger partial charge in [-0.05, 0) is 57.2 Å². The lowest BCUT2D eigenvalue weighted by atomic mass is 9.91. The highest BCUT2D eigenvalue weighted by atomic mass is 35.5. The highest BCUT2D eigenvalue weighted by Gasteiger charge is 2.37. The maximum atomic E-state index is 14.5. The molecule has 0 amide bonds. The van der Waals surface area contributed by atoms with Crippen LogP contribution in [0.4, 0.5) is 16.0 Å². The summed E-state index contributed by atoms with van der Waals surface area (Å²) in [5.74, 6) is 0.115. The molecule has 0 radical (unpaired) electrons. The van der Waals surface area contributed by atoms with Gasteiger partial charge in [0.25, 0.3) is 0 Å². The van der Waals surface area contributed by atoms with Crippen molar-refractivity contribution < 1.29 is 19.7 Å². The Hall–Kier alpha value is -3.29. The predicted octanol–water partition coefficient (Wildman–Crippen LogP) is 3.06. The minimum atomic E-state index is -0.742. The third-order valence-electron chi connectivity index (χ3n) is 7.64. The van der Waals surface area contributed by atoms with Gasteiger partial charge < -0.3 is 15.3 Å². The van der Waals surface area contributed by atoms with Crippen LogP contribution < -0.4 is 15.6 Å². The Morgan fingerprint density at radius 2 is 2.18 bits per heavy atom. The quantitative estimate of drug-likeness (QED) is 0.412. The number of nitrogens with two attached hydrogens (primary N) is 1. The molecule has 9 nitrogen and oxygen atoms in total. The lowest BCUT2D eigenvalue weighted by Gasteiger charge is -2.44. The molecule has 4 unspecified atom stereocenters. The smallest absolute Gasteiger partial charge is 0.304 e. The van der Waals surface area contributed by atoms with E-state index in [1.54, 1.807) is 25.3 Å². The summed E-state index contributed by atoms with van der Waals surface area (Å²) in [4.78, 5) is 25.0. The summed E-state index contributed by atoms with van der Waals surface area (Å²) >= 11 is 5.90. The van der Waals surface area contributed by atoms with E-state index in [9.17, 15) is 14.4 Å². The third kappa shape index (κ3) is 6.22. The lowest BCUT2D eigenvalue weighted by Crippen LogP contribution is -2.52. The van der Waals surface area contributed by atoms with E-state index < -0.39 is 17.8 Å². The van der Waals surface area contributed by atoms with Crippen molar-refractivity contribution in [2.45, 2.75) is 64.1 Å². The molecule has 4 rings (SSSR count). The Labute approximate surface area is 227 Å². The van der Waals surface area contributed by atoms with E-state index in [-0.39, 0.29) is 17.8 Å². The Morgan fingerprint density at radius 1 is 1.39 bits per heavy atom. The van der Waals surface area contributed by atoms with Gasteiger partial charge in [-0.15, -0.1) is 0 Å². The molecule has 11 heteroatoms. The zero-order chi connectivity index (χ0) is 27.4. The fourth-order valence-corrected chi connectivity index (χ4v) is 5.91. The van der Waals surface area contributed by atoms with Crippen LogP contribution in [-0.2, 0) is 4.79 Å². The Morgan fingerprint density at radius 3 is 2.87 bits per heavy atom. The van der Waals surface area contributed by atoms with E-state index in [1.807, 2.05) is 6.07 Å². The van der Waals surface area contributed by atoms with Gasteiger partial charge >= 0.3 is 11.7 Å². The number of nitriles is 1. The molecule has 2 aliphatic rings. The summed E-state index contributed by atoms with van der Waals surface area (Å²) in [6, 6.07) is 6.63. The molecular formula is C27H34ClFN7O2+. The van der Waals surface area contributed by atoms with Crippen LogP contribution in [0.15, 0.2) is 24.4 Å². The minimum absolute atomic E-state index is 0.0798. The molecule has 2 fully saturated rings. The van der Waals surface area contributed by atoms with Crippen LogP contribution in [0.25, 0.3) is 0 Å². The first kappa shape index (κ1) is 27.7. The van der Waals surface area contributed by atoms with Gasteiger partial charge in [-0.2, -0.15) is 5.26 Å². The number of anilines is 2. The number of carbonyl (C=O) groups is 1. The maximum Gasteiger partial charge on any atom is 0.304 e. The average molecular weight is 543 g/mol. The van der Waals surface area contributed by atoms with Crippen LogP contribution in [0.2, 0.25) is 5.02 Å². The number of hydrogen-bond acceptors (Lipinski definition) is 7. The van der Waals surface area contributed by atoms with Crippen molar-refractivity contribution in [3.63, 3.8) is 0 Å². The van der Waals surface area contributed by atoms with Crippen molar-refractivity contribution in [1.29, 1.82) is 5.26 Å². The molecule has 2 saturated heterocycles. The average Bonchev–Trinajstić information content (AvgIpc) is 3.35. The molecule has 2 aliphatic heterocycles. The summed E-state index contributed by atoms with van der Waals surface area (Å²) in [6.07, 6.45) is 5.58. The Balaban J connectivity index is 1.51. The molecular weight excluding hydrogens is 509 g/mol. The van der Waals surface area contributed by atoms with Crippen LogP contribution in [0.3, 0.4) is 0 Å². The second-order valence-corrected chi connectivity index (χ2v) is 10.7. The molecule has 2 aromatic rings. The summed E-state index contributed by atoms with van der Waals surface area (Å²) in [7, 11) is 0. The van der Waals surface area contributed by atoms with Crippen LogP contribution in [0.1, 0.15) is 63.3 Å². The number of likely N-dealkylation sites (tertiary alicyclic amines) is 1. The number of hydrogen-bond donors (Lipinski definition) is 3. The molecule has 1 aromatic heterocycles. The van der Waals surface area contributed by atoms with Crippen molar-refractivity contribution in [3.8, 4) is 6.07 Å². The third-order valence-corrected chi connectivity index (χ3v) is 7.88. The van der Waals surface area contributed by atoms with Crippen LogP contribution in [-0.4, -0.2) is 63.4 Å². The fraction of sp³-hybridized carbons (Fsp3) is 0.519. The number of halogens is 2. The topological polar surface area (TPSA) is 131 Å². The highest BCUT2D eigenvalue weighted by Crippen LogP contribution is 2.33. The van der Waals surface area contributed by atoms with E-state index in [0.717, 1.165) is 38.9 Å². The SMILES string of the molecule is CC(Nc1nc(N2CCC(N3CCCC3CCC(=O)O)C(C)C2)cnc1C(=[NH2+])C#N)c1ccc(Cl)cc1F. The summed E-state index contributed by atoms with van der Waals surface area (Å²) < 4.78 is 14.5. The highest BCUT2D eigenvalue weighted by molar-refractivity contribution is 6.30. The van der Waals surface area contributed by atoms with Gasteiger partial charge in [-0.25, -0.2) is 19.8 Å². The van der Waals surface area contributed by atoms with Crippen molar-refractivity contribution in [2.24, 2.45) is 5.92 Å². The number of piperidine rings is 1. The second kappa shape index (κ2) is 12.0. The number of carboxylic acids is 1. The predicted molar refractivity (Wildman–Crippen MR) is 144 cm³/mol. The van der Waals surface area contributed by atoms with E-state index in [2.05, 4.69) is 27.0 Å². The maximum absolute atomic E-state index is 14.5. The molecule has 38 heavy (non-hydrogen) atoms. The van der Waals surface area contributed by atoms with Gasteiger partial charge in [0.1, 0.15) is 11.6 Å². The molecule has 4 N–H and O–H groups in total. The van der Waals surface area contributed by atoms with Gasteiger partial charge in [0, 0.05) is 42.2 Å². The van der Waals surface area contributed by atoms with Crippen molar-refractivity contribution in [3.05, 3.63) is 46.5 Å². The zero-order valence-electron chi connectivity index (χ0n) is 21.7. The number of benzene rings is 1. The molecule has 0 saturated carbocycles. The number of aromatic nitrogens is 2. The van der Waals surface area contributed by atoms with Gasteiger partial charge in [-0.3, -0.25) is 9.69 Å².